The summed E-state index contributed by atoms with van der Waals surface area (Å²) in [6.45, 7) is 2.02. The molecule has 92 valence electrons. The maximum Gasteiger partial charge on any atom is 0.140 e. The van der Waals surface area contributed by atoms with Crippen LogP contribution < -0.4 is 11.1 Å². The van der Waals surface area contributed by atoms with Crippen LogP contribution in [0.15, 0.2) is 10.7 Å². The van der Waals surface area contributed by atoms with E-state index < -0.39 is 0 Å². The molecule has 0 amide bonds. The van der Waals surface area contributed by atoms with Gasteiger partial charge in [-0.05, 0) is 59.5 Å². The molecule has 0 saturated heterocycles. The molecule has 3 nitrogen and oxygen atoms in total. The molecule has 0 aromatic carbocycles. The number of nitrogens with one attached hydrogen (secondary N) is 1. The van der Waals surface area contributed by atoms with E-state index in [1.54, 1.807) is 6.20 Å². The molecule has 4 heteroatoms. The second-order valence-electron chi connectivity index (χ2n) is 5.43. The number of hydrogen-bond donors (Lipinski definition) is 2. The van der Waals surface area contributed by atoms with Crippen molar-refractivity contribution < 1.29 is 0 Å². The molecule has 2 saturated carbocycles. The van der Waals surface area contributed by atoms with Gasteiger partial charge in [-0.15, -0.1) is 0 Å². The van der Waals surface area contributed by atoms with Crippen LogP contribution in [0.4, 0.5) is 11.5 Å². The van der Waals surface area contributed by atoms with Crippen LogP contribution in [0.25, 0.3) is 0 Å². The zero-order valence-corrected chi connectivity index (χ0v) is 11.6. The molecule has 3 unspecified atom stereocenters. The van der Waals surface area contributed by atoms with Crippen LogP contribution in [0.2, 0.25) is 0 Å². The Balaban J connectivity index is 1.79. The summed E-state index contributed by atoms with van der Waals surface area (Å²) in [7, 11) is 0. The van der Waals surface area contributed by atoms with Crippen LogP contribution in [0, 0.1) is 18.8 Å². The van der Waals surface area contributed by atoms with E-state index in [0.717, 1.165) is 33.4 Å². The first-order chi connectivity index (χ1) is 8.15. The summed E-state index contributed by atoms with van der Waals surface area (Å²) in [6.07, 6.45) is 7.27. The highest BCUT2D eigenvalue weighted by atomic mass is 79.9. The van der Waals surface area contributed by atoms with Crippen LogP contribution >= 0.6 is 15.9 Å². The van der Waals surface area contributed by atoms with Gasteiger partial charge in [0.15, 0.2) is 0 Å². The van der Waals surface area contributed by atoms with Gasteiger partial charge in [0.1, 0.15) is 5.82 Å². The first-order valence-electron chi connectivity index (χ1n) is 6.32. The van der Waals surface area contributed by atoms with Crippen LogP contribution in [-0.4, -0.2) is 11.0 Å². The smallest absolute Gasteiger partial charge is 0.140 e. The molecule has 2 aliphatic carbocycles. The average Bonchev–Trinajstić information content (AvgIpc) is 2.92. The van der Waals surface area contributed by atoms with E-state index in [1.165, 1.54) is 25.7 Å². The predicted octanol–water partition coefficient (Wildman–Crippen LogP) is 3.34. The third-order valence-electron chi connectivity index (χ3n) is 4.36. The Hall–Kier alpha value is -0.770. The zero-order chi connectivity index (χ0) is 12.0. The van der Waals surface area contributed by atoms with Crippen LogP contribution in [0.3, 0.4) is 0 Å². The van der Waals surface area contributed by atoms with Gasteiger partial charge < -0.3 is 11.1 Å². The van der Waals surface area contributed by atoms with Gasteiger partial charge in [0.05, 0.1) is 16.4 Å². The fourth-order valence-electron chi connectivity index (χ4n) is 3.29. The third kappa shape index (κ3) is 1.92. The molecule has 3 rings (SSSR count). The highest BCUT2D eigenvalue weighted by Crippen LogP contribution is 2.46. The number of nitrogen functional groups attached to an aromatic ring is 1. The lowest BCUT2D eigenvalue weighted by Crippen LogP contribution is -2.26. The van der Waals surface area contributed by atoms with E-state index in [4.69, 9.17) is 5.73 Å². The molecular formula is C13H18BrN3. The van der Waals surface area contributed by atoms with Gasteiger partial charge in [0.25, 0.3) is 0 Å². The van der Waals surface area contributed by atoms with Crippen LogP contribution in [-0.2, 0) is 0 Å². The molecule has 2 fully saturated rings. The number of hydrogen-bond acceptors (Lipinski definition) is 3. The van der Waals surface area contributed by atoms with Gasteiger partial charge >= 0.3 is 0 Å². The van der Waals surface area contributed by atoms with Crippen molar-refractivity contribution in [3.05, 3.63) is 16.2 Å². The molecule has 0 aliphatic heterocycles. The fourth-order valence-corrected chi connectivity index (χ4v) is 3.74. The van der Waals surface area contributed by atoms with Crippen LogP contribution in [0.5, 0.6) is 0 Å². The summed E-state index contributed by atoms with van der Waals surface area (Å²) in [6, 6.07) is 0.612. The van der Waals surface area contributed by atoms with Crippen molar-refractivity contribution in [2.24, 2.45) is 11.8 Å². The Morgan fingerprint density at radius 3 is 2.88 bits per heavy atom. The van der Waals surface area contributed by atoms with Gasteiger partial charge in [-0.25, -0.2) is 4.98 Å². The first-order valence-corrected chi connectivity index (χ1v) is 7.11. The van der Waals surface area contributed by atoms with Gasteiger partial charge in [-0.2, -0.15) is 0 Å². The van der Waals surface area contributed by atoms with Crippen molar-refractivity contribution in [1.82, 2.24) is 4.98 Å². The molecular weight excluding hydrogens is 278 g/mol. The Morgan fingerprint density at radius 1 is 1.41 bits per heavy atom. The average molecular weight is 296 g/mol. The Kier molecular flexibility index (Phi) is 2.77. The summed E-state index contributed by atoms with van der Waals surface area (Å²) in [5.41, 5.74) is 7.66. The monoisotopic (exact) mass is 295 g/mol. The quantitative estimate of drug-likeness (QED) is 0.880. The minimum absolute atomic E-state index is 0.612. The minimum atomic E-state index is 0.612. The molecule has 17 heavy (non-hydrogen) atoms. The van der Waals surface area contributed by atoms with E-state index in [9.17, 15) is 0 Å². The second-order valence-corrected chi connectivity index (χ2v) is 6.22. The van der Waals surface area contributed by atoms with Crippen molar-refractivity contribution in [3.63, 3.8) is 0 Å². The van der Waals surface area contributed by atoms with E-state index in [1.807, 2.05) is 6.92 Å². The SMILES string of the molecule is Cc1c(N)cnc(NC2CC3CCC2C3)c1Br. The Bertz CT molecular complexity index is 447. The lowest BCUT2D eigenvalue weighted by molar-refractivity contribution is 0.439. The summed E-state index contributed by atoms with van der Waals surface area (Å²) < 4.78 is 1.01. The topological polar surface area (TPSA) is 50.9 Å². The number of halogens is 1. The summed E-state index contributed by atoms with van der Waals surface area (Å²) in [5, 5.41) is 3.60. The Labute approximate surface area is 110 Å². The number of aromatic nitrogens is 1. The van der Waals surface area contributed by atoms with Gasteiger partial charge in [-0.1, -0.05) is 6.42 Å². The number of nitrogens with zero attached hydrogens (tertiary/aromatic N) is 1. The summed E-state index contributed by atoms with van der Waals surface area (Å²) in [5.74, 6) is 2.76. The molecule has 3 atom stereocenters. The lowest BCUT2D eigenvalue weighted by Gasteiger charge is -2.24. The van der Waals surface area contributed by atoms with Gasteiger partial charge in [0, 0.05) is 6.04 Å². The van der Waals surface area contributed by atoms with E-state index in [0.29, 0.717) is 6.04 Å². The molecule has 0 spiro atoms. The molecule has 2 aliphatic rings. The molecule has 1 aromatic rings. The van der Waals surface area contributed by atoms with Crippen molar-refractivity contribution in [2.45, 2.75) is 38.6 Å². The molecule has 1 aromatic heterocycles. The maximum absolute atomic E-state index is 5.84. The molecule has 3 N–H and O–H groups in total. The number of nitrogens with two attached hydrogens (primary N) is 1. The second kappa shape index (κ2) is 4.16. The van der Waals surface area contributed by atoms with Gasteiger partial charge in [0.2, 0.25) is 0 Å². The molecule has 1 heterocycles. The van der Waals surface area contributed by atoms with E-state index >= 15 is 0 Å². The standard InChI is InChI=1S/C13H18BrN3/c1-7-10(15)6-16-13(12(7)14)17-11-5-8-2-3-9(11)4-8/h6,8-9,11H,2-5,15H2,1H3,(H,16,17). The van der Waals surface area contributed by atoms with Crippen LogP contribution in [0.1, 0.15) is 31.2 Å². The van der Waals surface area contributed by atoms with E-state index in [-0.39, 0.29) is 0 Å². The number of fused-ring (bicyclic) bond motifs is 2. The Morgan fingerprint density at radius 2 is 2.24 bits per heavy atom. The number of pyridine rings is 1. The van der Waals surface area contributed by atoms with Crippen molar-refractivity contribution in [2.75, 3.05) is 11.1 Å². The lowest BCUT2D eigenvalue weighted by atomic mass is 9.95. The van der Waals surface area contributed by atoms with Crippen molar-refractivity contribution >= 4 is 27.4 Å². The van der Waals surface area contributed by atoms with Crippen molar-refractivity contribution in [1.29, 1.82) is 0 Å². The normalized spacial score (nSPS) is 30.8. The largest absolute Gasteiger partial charge is 0.397 e. The van der Waals surface area contributed by atoms with Gasteiger partial charge in [-0.3, -0.25) is 0 Å². The molecule has 0 radical (unpaired) electrons. The third-order valence-corrected chi connectivity index (χ3v) is 5.33. The highest BCUT2D eigenvalue weighted by Gasteiger charge is 2.39. The first kappa shape index (κ1) is 11.3. The fraction of sp³-hybridized carbons (Fsp3) is 0.615. The predicted molar refractivity (Wildman–Crippen MR) is 73.9 cm³/mol. The van der Waals surface area contributed by atoms with E-state index in [2.05, 4.69) is 26.2 Å². The zero-order valence-electron chi connectivity index (χ0n) is 10.0. The van der Waals surface area contributed by atoms with Crippen molar-refractivity contribution in [3.8, 4) is 0 Å². The minimum Gasteiger partial charge on any atom is -0.397 e. The molecule has 2 bridgehead atoms. The highest BCUT2D eigenvalue weighted by molar-refractivity contribution is 9.10. The number of rotatable bonds is 2. The maximum atomic E-state index is 5.84. The summed E-state index contributed by atoms with van der Waals surface area (Å²) >= 11 is 3.59. The summed E-state index contributed by atoms with van der Waals surface area (Å²) in [4.78, 5) is 4.40. The number of anilines is 2.